The van der Waals surface area contributed by atoms with Crippen LogP contribution in [-0.4, -0.2) is 44.7 Å². The molecule has 0 aliphatic heterocycles. The standard InChI is InChI=1S/C15H20N2O5/c1-3-22-10-4-9-16-13(18)14(19)17-12-7-5-11(6-8-12)15(20)21-2/h5-8H,3-4,9-10H2,1-2H3,(H,16,18)(H,17,19). The molecule has 0 aromatic heterocycles. The Bertz CT molecular complexity index is 513. The van der Waals surface area contributed by atoms with Crippen molar-refractivity contribution in [2.75, 3.05) is 32.2 Å². The Balaban J connectivity index is 2.40. The molecule has 0 saturated carbocycles. The van der Waals surface area contributed by atoms with E-state index >= 15 is 0 Å². The fourth-order valence-electron chi connectivity index (χ4n) is 1.60. The summed E-state index contributed by atoms with van der Waals surface area (Å²) in [4.78, 5) is 34.5. The molecule has 7 nitrogen and oxygen atoms in total. The van der Waals surface area contributed by atoms with Gasteiger partial charge in [0, 0.05) is 25.4 Å². The van der Waals surface area contributed by atoms with E-state index in [-0.39, 0.29) is 0 Å². The minimum atomic E-state index is -0.762. The predicted molar refractivity (Wildman–Crippen MR) is 80.5 cm³/mol. The molecule has 0 heterocycles. The third kappa shape index (κ3) is 5.92. The van der Waals surface area contributed by atoms with E-state index in [0.29, 0.717) is 37.4 Å². The number of ether oxygens (including phenoxy) is 2. The van der Waals surface area contributed by atoms with Crippen molar-refractivity contribution in [1.82, 2.24) is 5.32 Å². The largest absolute Gasteiger partial charge is 0.465 e. The first-order valence-electron chi connectivity index (χ1n) is 6.93. The van der Waals surface area contributed by atoms with Gasteiger partial charge < -0.3 is 20.1 Å². The van der Waals surface area contributed by atoms with Crippen LogP contribution in [0.5, 0.6) is 0 Å². The van der Waals surface area contributed by atoms with E-state index in [2.05, 4.69) is 15.4 Å². The van der Waals surface area contributed by atoms with Crippen molar-refractivity contribution in [3.05, 3.63) is 29.8 Å². The molecular formula is C15H20N2O5. The van der Waals surface area contributed by atoms with Gasteiger partial charge in [-0.1, -0.05) is 0 Å². The molecule has 0 aliphatic carbocycles. The fourth-order valence-corrected chi connectivity index (χ4v) is 1.60. The van der Waals surface area contributed by atoms with Gasteiger partial charge in [0.25, 0.3) is 0 Å². The SMILES string of the molecule is CCOCCCNC(=O)C(=O)Nc1ccc(C(=O)OC)cc1. The molecule has 1 aromatic carbocycles. The summed E-state index contributed by atoms with van der Waals surface area (Å²) in [7, 11) is 1.29. The molecule has 0 bridgehead atoms. The van der Waals surface area contributed by atoms with Gasteiger partial charge in [-0.2, -0.15) is 0 Å². The molecule has 0 atom stereocenters. The van der Waals surface area contributed by atoms with Gasteiger partial charge >= 0.3 is 17.8 Å². The average Bonchev–Trinajstić information content (AvgIpc) is 2.54. The Morgan fingerprint density at radius 1 is 1.09 bits per heavy atom. The van der Waals surface area contributed by atoms with Gasteiger partial charge in [-0.25, -0.2) is 4.79 Å². The lowest BCUT2D eigenvalue weighted by Crippen LogP contribution is -2.36. The topological polar surface area (TPSA) is 93.7 Å². The summed E-state index contributed by atoms with van der Waals surface area (Å²) in [5.41, 5.74) is 0.781. The highest BCUT2D eigenvalue weighted by Gasteiger charge is 2.13. The number of rotatable bonds is 7. The van der Waals surface area contributed by atoms with E-state index in [1.54, 1.807) is 0 Å². The maximum atomic E-state index is 11.7. The molecule has 120 valence electrons. The zero-order chi connectivity index (χ0) is 16.4. The summed E-state index contributed by atoms with van der Waals surface area (Å²) >= 11 is 0. The van der Waals surface area contributed by atoms with Gasteiger partial charge in [0.2, 0.25) is 0 Å². The lowest BCUT2D eigenvalue weighted by molar-refractivity contribution is -0.136. The summed E-state index contributed by atoms with van der Waals surface area (Å²) in [6.07, 6.45) is 0.640. The second-order valence-corrected chi connectivity index (χ2v) is 4.33. The minimum absolute atomic E-state index is 0.362. The number of carbonyl (C=O) groups excluding carboxylic acids is 3. The van der Waals surface area contributed by atoms with E-state index in [9.17, 15) is 14.4 Å². The van der Waals surface area contributed by atoms with Crippen LogP contribution < -0.4 is 10.6 Å². The number of esters is 1. The van der Waals surface area contributed by atoms with E-state index in [0.717, 1.165) is 0 Å². The Morgan fingerprint density at radius 2 is 1.77 bits per heavy atom. The molecule has 7 heteroatoms. The van der Waals surface area contributed by atoms with Gasteiger partial charge in [-0.05, 0) is 37.6 Å². The Morgan fingerprint density at radius 3 is 2.36 bits per heavy atom. The number of hydrogen-bond donors (Lipinski definition) is 2. The van der Waals surface area contributed by atoms with Crippen molar-refractivity contribution < 1.29 is 23.9 Å². The van der Waals surface area contributed by atoms with Crippen molar-refractivity contribution in [1.29, 1.82) is 0 Å². The normalized spacial score (nSPS) is 9.91. The summed E-state index contributed by atoms with van der Waals surface area (Å²) in [5, 5.41) is 4.94. The maximum absolute atomic E-state index is 11.7. The van der Waals surface area contributed by atoms with Gasteiger partial charge in [0.05, 0.1) is 12.7 Å². The summed E-state index contributed by atoms with van der Waals surface area (Å²) < 4.78 is 9.69. The highest BCUT2D eigenvalue weighted by Crippen LogP contribution is 2.10. The molecule has 0 fully saturated rings. The van der Waals surface area contributed by atoms with E-state index in [1.807, 2.05) is 6.92 Å². The molecule has 2 N–H and O–H groups in total. The molecule has 22 heavy (non-hydrogen) atoms. The summed E-state index contributed by atoms with van der Waals surface area (Å²) in [6, 6.07) is 6.04. The van der Waals surface area contributed by atoms with Crippen LogP contribution in [0.15, 0.2) is 24.3 Å². The third-order valence-corrected chi connectivity index (χ3v) is 2.73. The quantitative estimate of drug-likeness (QED) is 0.444. The van der Waals surface area contributed by atoms with Gasteiger partial charge in [-0.15, -0.1) is 0 Å². The Labute approximate surface area is 129 Å². The Hall–Kier alpha value is -2.41. The minimum Gasteiger partial charge on any atom is -0.465 e. The zero-order valence-electron chi connectivity index (χ0n) is 12.7. The molecule has 0 spiro atoms. The van der Waals surface area contributed by atoms with E-state index < -0.39 is 17.8 Å². The lowest BCUT2D eigenvalue weighted by Gasteiger charge is -2.07. The van der Waals surface area contributed by atoms with Crippen LogP contribution in [0.25, 0.3) is 0 Å². The van der Waals surface area contributed by atoms with Crippen molar-refractivity contribution in [2.24, 2.45) is 0 Å². The van der Waals surface area contributed by atoms with Crippen molar-refractivity contribution in [2.45, 2.75) is 13.3 Å². The monoisotopic (exact) mass is 308 g/mol. The smallest absolute Gasteiger partial charge is 0.337 e. The maximum Gasteiger partial charge on any atom is 0.337 e. The lowest BCUT2D eigenvalue weighted by atomic mass is 10.2. The molecule has 1 rings (SSSR count). The average molecular weight is 308 g/mol. The van der Waals surface area contributed by atoms with Crippen molar-refractivity contribution in [3.8, 4) is 0 Å². The summed E-state index contributed by atoms with van der Waals surface area (Å²) in [5.74, 6) is -1.94. The van der Waals surface area contributed by atoms with Crippen LogP contribution in [-0.2, 0) is 19.1 Å². The molecule has 0 unspecified atom stereocenters. The van der Waals surface area contributed by atoms with Crippen LogP contribution in [0.2, 0.25) is 0 Å². The van der Waals surface area contributed by atoms with Crippen molar-refractivity contribution >= 4 is 23.5 Å². The molecule has 1 aromatic rings. The number of nitrogens with one attached hydrogen (secondary N) is 2. The van der Waals surface area contributed by atoms with Crippen LogP contribution in [0.3, 0.4) is 0 Å². The van der Waals surface area contributed by atoms with Crippen LogP contribution >= 0.6 is 0 Å². The van der Waals surface area contributed by atoms with Gasteiger partial charge in [0.15, 0.2) is 0 Å². The number of methoxy groups -OCH3 is 1. The second kappa shape index (κ2) is 9.51. The first kappa shape index (κ1) is 17.6. The first-order valence-corrected chi connectivity index (χ1v) is 6.93. The molecule has 0 saturated heterocycles. The zero-order valence-corrected chi connectivity index (χ0v) is 12.7. The second-order valence-electron chi connectivity index (χ2n) is 4.33. The number of hydrogen-bond acceptors (Lipinski definition) is 5. The number of amides is 2. The first-order chi connectivity index (χ1) is 10.6. The van der Waals surface area contributed by atoms with E-state index in [1.165, 1.54) is 31.4 Å². The fraction of sp³-hybridized carbons (Fsp3) is 0.400. The highest BCUT2D eigenvalue weighted by atomic mass is 16.5. The number of benzene rings is 1. The molecule has 0 aliphatic rings. The molecule has 2 amide bonds. The molecule has 0 radical (unpaired) electrons. The number of carbonyl (C=O) groups is 3. The third-order valence-electron chi connectivity index (χ3n) is 2.73. The van der Waals surface area contributed by atoms with Gasteiger partial charge in [-0.3, -0.25) is 9.59 Å². The van der Waals surface area contributed by atoms with Gasteiger partial charge in [0.1, 0.15) is 0 Å². The van der Waals surface area contributed by atoms with Crippen molar-refractivity contribution in [3.63, 3.8) is 0 Å². The van der Waals surface area contributed by atoms with Crippen LogP contribution in [0.1, 0.15) is 23.7 Å². The van der Waals surface area contributed by atoms with Crippen LogP contribution in [0, 0.1) is 0 Å². The predicted octanol–water partition coefficient (Wildman–Crippen LogP) is 0.954. The van der Waals surface area contributed by atoms with Crippen LogP contribution in [0.4, 0.5) is 5.69 Å². The number of anilines is 1. The van der Waals surface area contributed by atoms with E-state index in [4.69, 9.17) is 4.74 Å². The highest BCUT2D eigenvalue weighted by molar-refractivity contribution is 6.39. The summed E-state index contributed by atoms with van der Waals surface area (Å²) in [6.45, 7) is 3.41. The molecular weight excluding hydrogens is 288 g/mol. The Kier molecular flexibility index (Phi) is 7.63.